The van der Waals surface area contributed by atoms with Gasteiger partial charge >= 0.3 is 0 Å². The topological polar surface area (TPSA) is 48.5 Å². The van der Waals surface area contributed by atoms with E-state index >= 15 is 0 Å². The van der Waals surface area contributed by atoms with Crippen molar-refractivity contribution in [1.82, 2.24) is 20.1 Å². The van der Waals surface area contributed by atoms with E-state index in [2.05, 4.69) is 80.8 Å². The van der Waals surface area contributed by atoms with Crippen LogP contribution in [0.3, 0.4) is 0 Å². The Labute approximate surface area is 209 Å². The number of carbonyl (C=O) groups is 1. The minimum atomic E-state index is -0.0450. The predicted octanol–water partition coefficient (Wildman–Crippen LogP) is 4.79. The van der Waals surface area contributed by atoms with Crippen LogP contribution in [0.25, 0.3) is 6.08 Å². The third kappa shape index (κ3) is 7.88. The molecule has 182 valence electrons. The molecule has 1 amide bonds. The lowest BCUT2D eigenvalue weighted by molar-refractivity contribution is -0.116. The van der Waals surface area contributed by atoms with Gasteiger partial charge in [-0.3, -0.25) is 14.7 Å². The third-order valence-electron chi connectivity index (χ3n) is 6.56. The van der Waals surface area contributed by atoms with E-state index in [1.165, 1.54) is 17.5 Å². The molecule has 35 heavy (non-hydrogen) atoms. The lowest BCUT2D eigenvalue weighted by atomic mass is 9.96. The summed E-state index contributed by atoms with van der Waals surface area (Å²) in [6.45, 7) is 6.21. The quantitative estimate of drug-likeness (QED) is 0.325. The van der Waals surface area contributed by atoms with Crippen molar-refractivity contribution in [2.75, 3.05) is 39.3 Å². The maximum Gasteiger partial charge on any atom is 0.243 e. The molecule has 0 bridgehead atoms. The van der Waals surface area contributed by atoms with Gasteiger partial charge in [0.05, 0.1) is 6.04 Å². The number of hydrogen-bond acceptors (Lipinski definition) is 4. The standard InChI is InChI=1S/C30H36N4O/c35-29(17-16-26-11-10-18-31-25-26)32-19-8-3-9-20-33-21-23-34(24-22-33)30(27-12-4-1-5-13-27)28-14-6-2-7-15-28/h1-2,4-7,10-18,25,30H,3,8-9,19-24H2,(H,32,35)/b17-16+. The van der Waals surface area contributed by atoms with Gasteiger partial charge in [0.15, 0.2) is 0 Å². The molecule has 0 atom stereocenters. The van der Waals surface area contributed by atoms with Crippen molar-refractivity contribution in [3.63, 3.8) is 0 Å². The van der Waals surface area contributed by atoms with Crippen molar-refractivity contribution in [3.8, 4) is 0 Å². The second-order valence-corrected chi connectivity index (χ2v) is 9.07. The zero-order chi connectivity index (χ0) is 24.1. The number of nitrogens with zero attached hydrogens (tertiary/aromatic N) is 3. The first-order valence-electron chi connectivity index (χ1n) is 12.7. The van der Waals surface area contributed by atoms with Crippen LogP contribution in [-0.2, 0) is 4.79 Å². The highest BCUT2D eigenvalue weighted by molar-refractivity contribution is 5.91. The molecular formula is C30H36N4O. The van der Waals surface area contributed by atoms with Gasteiger partial charge in [-0.15, -0.1) is 0 Å². The molecule has 0 unspecified atom stereocenters. The van der Waals surface area contributed by atoms with Gasteiger partial charge in [0, 0.05) is 51.2 Å². The van der Waals surface area contributed by atoms with Gasteiger partial charge < -0.3 is 10.2 Å². The minimum absolute atomic E-state index is 0.0450. The Kier molecular flexibility index (Phi) is 9.63. The van der Waals surface area contributed by atoms with Crippen molar-refractivity contribution in [1.29, 1.82) is 0 Å². The number of rotatable bonds is 11. The molecule has 0 saturated carbocycles. The average Bonchev–Trinajstić information content (AvgIpc) is 2.92. The van der Waals surface area contributed by atoms with Crippen LogP contribution in [0.1, 0.15) is 42.0 Å². The van der Waals surface area contributed by atoms with Gasteiger partial charge in [0.2, 0.25) is 5.91 Å². The number of benzene rings is 2. The Balaban J connectivity index is 1.14. The van der Waals surface area contributed by atoms with Gasteiger partial charge in [0.25, 0.3) is 0 Å². The highest BCUT2D eigenvalue weighted by atomic mass is 16.1. The molecule has 4 rings (SSSR count). The molecule has 1 fully saturated rings. The molecule has 2 heterocycles. The molecule has 0 spiro atoms. The van der Waals surface area contributed by atoms with E-state index in [1.54, 1.807) is 24.5 Å². The normalized spacial score (nSPS) is 15.0. The SMILES string of the molecule is O=C(/C=C/c1cccnc1)NCCCCCN1CCN(C(c2ccccc2)c2ccccc2)CC1. The van der Waals surface area contributed by atoms with E-state index in [0.29, 0.717) is 6.04 Å². The summed E-state index contributed by atoms with van der Waals surface area (Å²) in [6, 6.07) is 25.8. The number of pyridine rings is 1. The van der Waals surface area contributed by atoms with Gasteiger partial charge in [-0.05, 0) is 48.2 Å². The fourth-order valence-electron chi connectivity index (χ4n) is 4.68. The summed E-state index contributed by atoms with van der Waals surface area (Å²) < 4.78 is 0. The van der Waals surface area contributed by atoms with Crippen molar-refractivity contribution in [2.45, 2.75) is 25.3 Å². The summed E-state index contributed by atoms with van der Waals surface area (Å²) in [5.74, 6) is -0.0450. The second kappa shape index (κ2) is 13.6. The lowest BCUT2D eigenvalue weighted by Gasteiger charge is -2.39. The van der Waals surface area contributed by atoms with E-state index in [-0.39, 0.29) is 5.91 Å². The van der Waals surface area contributed by atoms with Crippen molar-refractivity contribution in [2.24, 2.45) is 0 Å². The molecule has 1 N–H and O–H groups in total. The maximum atomic E-state index is 12.0. The van der Waals surface area contributed by atoms with Crippen molar-refractivity contribution < 1.29 is 4.79 Å². The third-order valence-corrected chi connectivity index (χ3v) is 6.56. The molecule has 5 heteroatoms. The van der Waals surface area contributed by atoms with E-state index in [4.69, 9.17) is 0 Å². The van der Waals surface area contributed by atoms with E-state index in [9.17, 15) is 4.79 Å². The Morgan fingerprint density at radius 3 is 2.17 bits per heavy atom. The van der Waals surface area contributed by atoms with Crippen LogP contribution >= 0.6 is 0 Å². The number of carbonyl (C=O) groups excluding carboxylic acids is 1. The Morgan fingerprint density at radius 1 is 0.857 bits per heavy atom. The van der Waals surface area contributed by atoms with E-state index in [1.807, 2.05) is 12.1 Å². The van der Waals surface area contributed by atoms with Crippen molar-refractivity contribution in [3.05, 3.63) is 108 Å². The summed E-state index contributed by atoms with van der Waals surface area (Å²) >= 11 is 0. The fraction of sp³-hybridized carbons (Fsp3) is 0.333. The number of hydrogen-bond donors (Lipinski definition) is 1. The summed E-state index contributed by atoms with van der Waals surface area (Å²) in [6.07, 6.45) is 10.1. The molecule has 1 aliphatic heterocycles. The van der Waals surface area contributed by atoms with Crippen LogP contribution in [0.15, 0.2) is 91.3 Å². The van der Waals surface area contributed by atoms with Gasteiger partial charge in [-0.25, -0.2) is 0 Å². The second-order valence-electron chi connectivity index (χ2n) is 9.07. The summed E-state index contributed by atoms with van der Waals surface area (Å²) in [7, 11) is 0. The zero-order valence-corrected chi connectivity index (χ0v) is 20.4. The molecule has 2 aromatic carbocycles. The number of piperazine rings is 1. The number of amides is 1. The van der Waals surface area contributed by atoms with Crippen LogP contribution in [0.5, 0.6) is 0 Å². The lowest BCUT2D eigenvalue weighted by Crippen LogP contribution is -2.48. The van der Waals surface area contributed by atoms with Crippen LogP contribution in [-0.4, -0.2) is 60.0 Å². The molecule has 0 aliphatic carbocycles. The van der Waals surface area contributed by atoms with E-state index in [0.717, 1.165) is 57.7 Å². The smallest absolute Gasteiger partial charge is 0.243 e. The summed E-state index contributed by atoms with van der Waals surface area (Å²) in [5.41, 5.74) is 3.66. The zero-order valence-electron chi connectivity index (χ0n) is 20.4. The molecule has 1 saturated heterocycles. The van der Waals surface area contributed by atoms with E-state index < -0.39 is 0 Å². The van der Waals surface area contributed by atoms with Crippen LogP contribution in [0, 0.1) is 0 Å². The monoisotopic (exact) mass is 468 g/mol. The largest absolute Gasteiger partial charge is 0.353 e. The minimum Gasteiger partial charge on any atom is -0.353 e. The molecule has 1 aromatic heterocycles. The average molecular weight is 469 g/mol. The Hall–Kier alpha value is -3.28. The molecule has 3 aromatic rings. The molecule has 1 aliphatic rings. The first-order chi connectivity index (χ1) is 17.3. The summed E-state index contributed by atoms with van der Waals surface area (Å²) in [5, 5.41) is 2.97. The van der Waals surface area contributed by atoms with Crippen LogP contribution in [0.2, 0.25) is 0 Å². The summed E-state index contributed by atoms with van der Waals surface area (Å²) in [4.78, 5) is 21.2. The van der Waals surface area contributed by atoms with Crippen LogP contribution < -0.4 is 5.32 Å². The fourth-order valence-corrected chi connectivity index (χ4v) is 4.68. The molecular weight excluding hydrogens is 432 g/mol. The highest BCUT2D eigenvalue weighted by Crippen LogP contribution is 2.29. The van der Waals surface area contributed by atoms with Crippen LogP contribution in [0.4, 0.5) is 0 Å². The molecule has 0 radical (unpaired) electrons. The number of aromatic nitrogens is 1. The Bertz CT molecular complexity index is 992. The first-order valence-corrected chi connectivity index (χ1v) is 12.7. The van der Waals surface area contributed by atoms with Crippen molar-refractivity contribution >= 4 is 12.0 Å². The number of nitrogens with one attached hydrogen (secondary N) is 1. The van der Waals surface area contributed by atoms with Gasteiger partial charge in [-0.2, -0.15) is 0 Å². The Morgan fingerprint density at radius 2 is 1.54 bits per heavy atom. The maximum absolute atomic E-state index is 12.0. The number of unbranched alkanes of at least 4 members (excludes halogenated alkanes) is 2. The predicted molar refractivity (Wildman–Crippen MR) is 143 cm³/mol. The van der Waals surface area contributed by atoms with Gasteiger partial charge in [-0.1, -0.05) is 73.2 Å². The van der Waals surface area contributed by atoms with Gasteiger partial charge in [0.1, 0.15) is 0 Å². The highest BCUT2D eigenvalue weighted by Gasteiger charge is 2.25. The molecule has 5 nitrogen and oxygen atoms in total. The first kappa shape index (κ1) is 24.8.